The predicted molar refractivity (Wildman–Crippen MR) is 129 cm³/mol. The first kappa shape index (κ1) is 24.5. The summed E-state index contributed by atoms with van der Waals surface area (Å²) in [6.45, 7) is 0. The van der Waals surface area contributed by atoms with Gasteiger partial charge in [0.1, 0.15) is 4.90 Å². The number of nitrogens with zero attached hydrogens (tertiary/aromatic N) is 2. The first-order valence-corrected chi connectivity index (χ1v) is 14.5. The molecule has 4 rings (SSSR count). The lowest BCUT2D eigenvalue weighted by atomic mass is 10.3. The minimum atomic E-state index is -4.28. The number of rotatable bonds is 8. The fourth-order valence-electron chi connectivity index (χ4n) is 3.14. The van der Waals surface area contributed by atoms with Crippen LogP contribution in [-0.2, 0) is 29.9 Å². The van der Waals surface area contributed by atoms with Crippen molar-refractivity contribution in [1.82, 2.24) is 9.44 Å². The number of hydrogen-bond donors (Lipinski definition) is 0. The van der Waals surface area contributed by atoms with Crippen LogP contribution < -0.4 is 9.44 Å². The van der Waals surface area contributed by atoms with E-state index in [4.69, 9.17) is 0 Å². The Hall–Kier alpha value is -3.67. The Labute approximate surface area is 204 Å². The summed E-state index contributed by atoms with van der Waals surface area (Å²) in [6.07, 6.45) is 0. The highest BCUT2D eigenvalue weighted by Crippen LogP contribution is 2.33. The van der Waals surface area contributed by atoms with E-state index in [0.29, 0.717) is 0 Å². The second kappa shape index (κ2) is 9.53. The molecule has 0 atom stereocenters. The van der Waals surface area contributed by atoms with Crippen molar-refractivity contribution in [1.29, 1.82) is 0 Å². The lowest BCUT2D eigenvalue weighted by molar-refractivity contribution is 0.586. The first-order chi connectivity index (χ1) is 16.6. The van der Waals surface area contributed by atoms with Crippen LogP contribution in [0, 0.1) is 0 Å². The fraction of sp³-hybridized carbons (Fsp3) is 0. The second-order valence-corrected chi connectivity index (χ2v) is 12.4. The molecule has 0 amide bonds. The molecule has 0 saturated carbocycles. The van der Waals surface area contributed by atoms with Crippen molar-refractivity contribution in [3.63, 3.8) is 0 Å². The van der Waals surface area contributed by atoms with Gasteiger partial charge in [0.15, 0.2) is 0 Å². The zero-order valence-corrected chi connectivity index (χ0v) is 20.4. The Morgan fingerprint density at radius 1 is 0.457 bits per heavy atom. The van der Waals surface area contributed by atoms with Crippen molar-refractivity contribution in [3.05, 3.63) is 109 Å². The van der Waals surface area contributed by atoms with Crippen LogP contribution in [0.3, 0.4) is 0 Å². The van der Waals surface area contributed by atoms with Gasteiger partial charge >= 0.3 is 0 Å². The van der Waals surface area contributed by atoms with Gasteiger partial charge in [0.25, 0.3) is 20.0 Å². The molecule has 0 aliphatic rings. The summed E-state index contributed by atoms with van der Waals surface area (Å²) in [7, 11) is -12.7. The molecule has 0 fully saturated rings. The summed E-state index contributed by atoms with van der Waals surface area (Å²) in [5, 5.41) is 0. The van der Waals surface area contributed by atoms with E-state index in [-0.39, 0.29) is 26.1 Å². The monoisotopic (exact) mass is 526 g/mol. The third kappa shape index (κ3) is 5.37. The summed E-state index contributed by atoms with van der Waals surface area (Å²) in [5.74, 6) is 0. The van der Waals surface area contributed by atoms with Crippen molar-refractivity contribution in [3.8, 4) is 0 Å². The molecule has 4 aromatic carbocycles. The Bertz CT molecular complexity index is 1660. The van der Waals surface area contributed by atoms with Gasteiger partial charge in [-0.3, -0.25) is 0 Å². The van der Waals surface area contributed by atoms with Crippen LogP contribution >= 0.6 is 0 Å². The smallest absolute Gasteiger partial charge is 0.218 e. The molecule has 0 spiro atoms. The minimum Gasteiger partial charge on any atom is -0.218 e. The van der Waals surface area contributed by atoms with Crippen LogP contribution in [0.1, 0.15) is 0 Å². The van der Waals surface area contributed by atoms with Gasteiger partial charge in [-0.05, 0) is 54.6 Å². The highest BCUT2D eigenvalue weighted by molar-refractivity contribution is 7.92. The van der Waals surface area contributed by atoms with E-state index in [0.717, 1.165) is 12.1 Å². The second-order valence-electron chi connectivity index (χ2n) is 7.23. The third-order valence-corrected chi connectivity index (χ3v) is 9.24. The molecule has 178 valence electrons. The highest BCUT2D eigenvalue weighted by Gasteiger charge is 2.27. The summed E-state index contributed by atoms with van der Waals surface area (Å²) in [5.41, 5.74) is -0.562. The molecular formula is C24H18N2O6S3. The van der Waals surface area contributed by atoms with Gasteiger partial charge in [0, 0.05) is 0 Å². The van der Waals surface area contributed by atoms with E-state index >= 15 is 0 Å². The molecule has 0 aliphatic carbocycles. The number of benzene rings is 4. The molecular weight excluding hydrogens is 508 g/mol. The predicted octanol–water partition coefficient (Wildman–Crippen LogP) is 3.77. The standard InChI is InChI=1S/C24H18N2O6S3/c27-33(28,20-10-4-1-5-11-20)24-18-19(25-34(29,30)21-12-6-2-7-13-21)16-17-23(24)26-35(31,32)22-14-8-3-9-15-22/h1-18H. The summed E-state index contributed by atoms with van der Waals surface area (Å²) < 4.78 is 85.4. The maximum Gasteiger partial charge on any atom is 0.282 e. The molecule has 0 bridgehead atoms. The lowest BCUT2D eigenvalue weighted by Crippen LogP contribution is -2.16. The number of hydrogen-bond acceptors (Lipinski definition) is 6. The summed E-state index contributed by atoms with van der Waals surface area (Å²) in [6, 6.07) is 25.4. The highest BCUT2D eigenvalue weighted by atomic mass is 32.2. The van der Waals surface area contributed by atoms with Crippen LogP contribution in [0.15, 0.2) is 129 Å². The largest absolute Gasteiger partial charge is 0.282 e. The Kier molecular flexibility index (Phi) is 6.66. The van der Waals surface area contributed by atoms with Crippen molar-refractivity contribution >= 4 is 41.3 Å². The van der Waals surface area contributed by atoms with Crippen LogP contribution in [-0.4, -0.2) is 25.3 Å². The fourth-order valence-corrected chi connectivity index (χ4v) is 6.65. The Morgan fingerprint density at radius 2 is 0.886 bits per heavy atom. The molecule has 0 aromatic heterocycles. The average molecular weight is 527 g/mol. The van der Waals surface area contributed by atoms with Gasteiger partial charge in [-0.15, -0.1) is 0 Å². The van der Waals surface area contributed by atoms with Gasteiger partial charge in [-0.1, -0.05) is 54.6 Å². The topological polar surface area (TPSA) is 131 Å². The minimum absolute atomic E-state index is 0.0760. The Morgan fingerprint density at radius 3 is 1.37 bits per heavy atom. The molecule has 35 heavy (non-hydrogen) atoms. The molecule has 0 heterocycles. The van der Waals surface area contributed by atoms with E-state index in [1.54, 1.807) is 18.2 Å². The summed E-state index contributed by atoms with van der Waals surface area (Å²) in [4.78, 5) is -0.805. The molecule has 4 aromatic rings. The summed E-state index contributed by atoms with van der Waals surface area (Å²) >= 11 is 0. The van der Waals surface area contributed by atoms with Crippen LogP contribution in [0.25, 0.3) is 0 Å². The van der Waals surface area contributed by atoms with E-state index in [1.807, 2.05) is 0 Å². The zero-order valence-electron chi connectivity index (χ0n) is 18.0. The maximum absolute atomic E-state index is 13.4. The van der Waals surface area contributed by atoms with Crippen molar-refractivity contribution in [2.45, 2.75) is 19.6 Å². The van der Waals surface area contributed by atoms with Gasteiger partial charge < -0.3 is 0 Å². The maximum atomic E-state index is 13.4. The van der Waals surface area contributed by atoms with Gasteiger partial charge in [-0.2, -0.15) is 26.3 Å². The average Bonchev–Trinajstić information content (AvgIpc) is 2.86. The van der Waals surface area contributed by atoms with Gasteiger partial charge in [0.05, 0.1) is 26.1 Å². The van der Waals surface area contributed by atoms with Crippen molar-refractivity contribution in [2.75, 3.05) is 0 Å². The van der Waals surface area contributed by atoms with Crippen molar-refractivity contribution in [2.24, 2.45) is 0 Å². The SMILES string of the molecule is O=S(=O)([N]c1ccc([N]S(=O)(=O)c2ccccc2)c(S(=O)(=O)c2ccccc2)c1)c1ccccc1. The van der Waals surface area contributed by atoms with E-state index < -0.39 is 34.8 Å². The molecule has 0 N–H and O–H groups in total. The number of sulfone groups is 1. The molecule has 11 heteroatoms. The van der Waals surface area contributed by atoms with Crippen LogP contribution in [0.2, 0.25) is 0 Å². The molecule has 0 saturated heterocycles. The Balaban J connectivity index is 1.81. The number of sulfonamides is 2. The van der Waals surface area contributed by atoms with E-state index in [1.165, 1.54) is 78.9 Å². The van der Waals surface area contributed by atoms with Gasteiger partial charge in [-0.25, -0.2) is 8.42 Å². The van der Waals surface area contributed by atoms with Crippen molar-refractivity contribution < 1.29 is 25.3 Å². The molecule has 0 aliphatic heterocycles. The van der Waals surface area contributed by atoms with E-state index in [9.17, 15) is 25.3 Å². The normalized spacial score (nSPS) is 12.1. The third-order valence-electron chi connectivity index (χ3n) is 4.81. The quantitative estimate of drug-likeness (QED) is 0.343. The molecule has 2 radical (unpaired) electrons. The lowest BCUT2D eigenvalue weighted by Gasteiger charge is -2.13. The zero-order chi connectivity index (χ0) is 25.1. The van der Waals surface area contributed by atoms with Gasteiger partial charge in [0.2, 0.25) is 9.84 Å². The molecule has 8 nitrogen and oxygen atoms in total. The van der Waals surface area contributed by atoms with E-state index in [2.05, 4.69) is 9.44 Å². The first-order valence-electron chi connectivity index (χ1n) is 10.1. The van der Waals surface area contributed by atoms with Crippen LogP contribution in [0.5, 0.6) is 0 Å². The molecule has 0 unspecified atom stereocenters. The van der Waals surface area contributed by atoms with Crippen LogP contribution in [0.4, 0.5) is 11.4 Å².